The number of pyridine rings is 1. The average Bonchev–Trinajstić information content (AvgIpc) is 3.99. The van der Waals surface area contributed by atoms with Crippen LogP contribution in [0, 0.1) is 18.7 Å². The van der Waals surface area contributed by atoms with Gasteiger partial charge in [-0.05, 0) is 92.8 Å². The molecular weight excluding hydrogens is 660 g/mol. The Morgan fingerprint density at radius 2 is 1.37 bits per heavy atom. The molecule has 2 saturated heterocycles. The van der Waals surface area contributed by atoms with Crippen molar-refractivity contribution in [2.45, 2.75) is 44.4 Å². The summed E-state index contributed by atoms with van der Waals surface area (Å²) in [5, 5.41) is 8.17. The number of carbonyl (C=O) groups is 2. The number of aryl methyl sites for hydroxylation is 1. The molecule has 0 radical (unpaired) electrons. The van der Waals surface area contributed by atoms with E-state index < -0.39 is 5.95 Å². The van der Waals surface area contributed by atoms with E-state index in [4.69, 9.17) is 9.05 Å². The number of benzene rings is 1. The highest BCUT2D eigenvalue weighted by molar-refractivity contribution is 5.95. The zero-order valence-corrected chi connectivity index (χ0v) is 27.8. The molecule has 1 aromatic carbocycles. The second kappa shape index (κ2) is 14.9. The molecular formula is C36H35F2N9O4. The molecule has 2 fully saturated rings. The summed E-state index contributed by atoms with van der Waals surface area (Å²) in [6.07, 6.45) is 8.34. The Morgan fingerprint density at radius 3 is 1.88 bits per heavy atom. The van der Waals surface area contributed by atoms with Crippen LogP contribution < -0.4 is 0 Å². The van der Waals surface area contributed by atoms with Crippen LogP contribution in [0.1, 0.15) is 75.4 Å². The van der Waals surface area contributed by atoms with Crippen LogP contribution in [0.2, 0.25) is 0 Å². The second-order valence-electron chi connectivity index (χ2n) is 12.6. The molecule has 262 valence electrons. The number of hydrogen-bond acceptors (Lipinski definition) is 9. The number of amides is 2. The summed E-state index contributed by atoms with van der Waals surface area (Å²) in [4.78, 5) is 47.5. The fraction of sp³-hybridized carbons (Fsp3) is 0.306. The molecule has 0 aliphatic carbocycles. The molecule has 2 aliphatic heterocycles. The van der Waals surface area contributed by atoms with Crippen LogP contribution in [0.25, 0.3) is 23.2 Å². The molecule has 2 aliphatic rings. The van der Waals surface area contributed by atoms with Crippen LogP contribution in [0.15, 0.2) is 82.2 Å². The number of carbonyl (C=O) groups excluding carboxylic acids is 2. The fourth-order valence-electron chi connectivity index (χ4n) is 6.41. The first-order valence-corrected chi connectivity index (χ1v) is 16.7. The number of piperidine rings is 2. The van der Waals surface area contributed by atoms with E-state index in [1.807, 2.05) is 24.3 Å². The number of aromatic nitrogens is 7. The van der Waals surface area contributed by atoms with Crippen LogP contribution in [0.4, 0.5) is 8.78 Å². The number of H-pyrrole nitrogens is 2. The number of nitrogens with one attached hydrogen (secondary N) is 2. The van der Waals surface area contributed by atoms with E-state index in [0.29, 0.717) is 66.3 Å². The van der Waals surface area contributed by atoms with Gasteiger partial charge >= 0.3 is 0 Å². The minimum atomic E-state index is -0.600. The standard InChI is InChI=1S/C19H19FN4O2.C17H16FN5O2/c1-12-10-14(20)6-7-15(12)19(25)24-9-3-4-13(11-24)17-22-18(26-23-17)16-5-2-8-21-16;18-14-6-5-11(9-20-14)17(24)23-8-2-3-12(10-23)15-21-16(25-22-15)13-4-1-7-19-13/h2,5-8,10,13,21H,3-4,9,11H2,1H3;1,4-7,9,12,19H,2-3,8,10H2. The quantitative estimate of drug-likeness (QED) is 0.195. The van der Waals surface area contributed by atoms with E-state index in [1.165, 1.54) is 30.5 Å². The maximum absolute atomic E-state index is 13.3. The van der Waals surface area contributed by atoms with Crippen LogP contribution >= 0.6 is 0 Å². The van der Waals surface area contributed by atoms with Crippen molar-refractivity contribution in [1.82, 2.24) is 45.0 Å². The minimum absolute atomic E-state index is 0.0126. The molecule has 2 N–H and O–H groups in total. The molecule has 0 bridgehead atoms. The van der Waals surface area contributed by atoms with Crippen molar-refractivity contribution >= 4 is 11.8 Å². The molecule has 6 aromatic rings. The topological polar surface area (TPSA) is 163 Å². The molecule has 2 unspecified atom stereocenters. The number of aromatic amines is 2. The van der Waals surface area contributed by atoms with Crippen molar-refractivity contribution in [2.75, 3.05) is 26.2 Å². The van der Waals surface area contributed by atoms with Crippen LogP contribution in [-0.2, 0) is 0 Å². The van der Waals surface area contributed by atoms with E-state index in [1.54, 1.807) is 35.2 Å². The summed E-state index contributed by atoms with van der Waals surface area (Å²) < 4.78 is 36.9. The first-order chi connectivity index (χ1) is 24.8. The monoisotopic (exact) mass is 695 g/mol. The number of likely N-dealkylation sites (tertiary alicyclic amines) is 2. The van der Waals surface area contributed by atoms with Gasteiger partial charge in [0, 0.05) is 62.2 Å². The van der Waals surface area contributed by atoms with Crippen LogP contribution in [-0.4, -0.2) is 83.0 Å². The largest absolute Gasteiger partial charge is 0.357 e. The SMILES string of the molecule is Cc1cc(F)ccc1C(=O)N1CCCC(c2noc(-c3ccc[nH]3)n2)C1.O=C(c1ccc(F)nc1)N1CCCC(c2noc(-c3ccc[nH]3)n2)C1. The van der Waals surface area contributed by atoms with Gasteiger partial charge in [-0.25, -0.2) is 9.37 Å². The Labute approximate surface area is 291 Å². The predicted octanol–water partition coefficient (Wildman–Crippen LogP) is 6.15. The van der Waals surface area contributed by atoms with Crippen LogP contribution in [0.3, 0.4) is 0 Å². The summed E-state index contributed by atoms with van der Waals surface area (Å²) in [5.41, 5.74) is 3.09. The van der Waals surface area contributed by atoms with Gasteiger partial charge in [-0.1, -0.05) is 10.3 Å². The normalized spacial score (nSPS) is 17.5. The first-order valence-electron chi connectivity index (χ1n) is 16.7. The van der Waals surface area contributed by atoms with Gasteiger partial charge in [0.2, 0.25) is 5.95 Å². The Hall–Kier alpha value is -5.99. The number of hydrogen-bond donors (Lipinski definition) is 2. The number of rotatable bonds is 6. The molecule has 15 heteroatoms. The molecule has 5 aromatic heterocycles. The third-order valence-electron chi connectivity index (χ3n) is 9.08. The van der Waals surface area contributed by atoms with Gasteiger partial charge in [0.1, 0.15) is 17.2 Å². The Balaban J connectivity index is 0.000000159. The highest BCUT2D eigenvalue weighted by Crippen LogP contribution is 2.29. The Kier molecular flexibility index (Phi) is 9.76. The molecule has 13 nitrogen and oxygen atoms in total. The lowest BCUT2D eigenvalue weighted by molar-refractivity contribution is 0.0695. The van der Waals surface area contributed by atoms with Crippen molar-refractivity contribution in [1.29, 1.82) is 0 Å². The zero-order chi connectivity index (χ0) is 35.3. The molecule has 8 rings (SSSR count). The van der Waals surface area contributed by atoms with Gasteiger partial charge in [0.15, 0.2) is 11.6 Å². The van der Waals surface area contributed by atoms with Crippen molar-refractivity contribution in [3.63, 3.8) is 0 Å². The maximum Gasteiger partial charge on any atom is 0.274 e. The lowest BCUT2D eigenvalue weighted by Crippen LogP contribution is -2.39. The molecule has 0 saturated carbocycles. The van der Waals surface area contributed by atoms with Crippen LogP contribution in [0.5, 0.6) is 0 Å². The van der Waals surface area contributed by atoms with Gasteiger partial charge in [0.05, 0.1) is 5.56 Å². The summed E-state index contributed by atoms with van der Waals surface area (Å²) >= 11 is 0. The van der Waals surface area contributed by atoms with Crippen molar-refractivity contribution < 1.29 is 27.4 Å². The van der Waals surface area contributed by atoms with E-state index in [0.717, 1.165) is 37.1 Å². The maximum atomic E-state index is 13.3. The third kappa shape index (κ3) is 7.61. The molecule has 7 heterocycles. The van der Waals surface area contributed by atoms with Crippen molar-refractivity contribution in [2.24, 2.45) is 0 Å². The van der Waals surface area contributed by atoms with Crippen molar-refractivity contribution in [3.8, 4) is 23.2 Å². The second-order valence-corrected chi connectivity index (χ2v) is 12.6. The van der Waals surface area contributed by atoms with Gasteiger partial charge < -0.3 is 28.8 Å². The van der Waals surface area contributed by atoms with Gasteiger partial charge in [0.25, 0.3) is 23.6 Å². The smallest absolute Gasteiger partial charge is 0.274 e. The van der Waals surface area contributed by atoms with E-state index >= 15 is 0 Å². The van der Waals surface area contributed by atoms with Gasteiger partial charge in [-0.3, -0.25) is 9.59 Å². The number of halogens is 2. The third-order valence-corrected chi connectivity index (χ3v) is 9.08. The summed E-state index contributed by atoms with van der Waals surface area (Å²) in [7, 11) is 0. The van der Waals surface area contributed by atoms with E-state index in [-0.39, 0.29) is 29.5 Å². The fourth-order valence-corrected chi connectivity index (χ4v) is 6.41. The average molecular weight is 696 g/mol. The lowest BCUT2D eigenvalue weighted by atomic mass is 9.96. The molecule has 0 spiro atoms. The summed E-state index contributed by atoms with van der Waals surface area (Å²) in [6.45, 7) is 4.10. The Morgan fingerprint density at radius 1 is 0.784 bits per heavy atom. The van der Waals surface area contributed by atoms with Gasteiger partial charge in [-0.2, -0.15) is 14.4 Å². The minimum Gasteiger partial charge on any atom is -0.357 e. The summed E-state index contributed by atoms with van der Waals surface area (Å²) in [6, 6.07) is 14.3. The van der Waals surface area contributed by atoms with E-state index in [9.17, 15) is 18.4 Å². The summed E-state index contributed by atoms with van der Waals surface area (Å²) in [5.74, 6) is 0.956. The first kappa shape index (κ1) is 33.5. The predicted molar refractivity (Wildman–Crippen MR) is 179 cm³/mol. The lowest BCUT2D eigenvalue weighted by Gasteiger charge is -2.31. The highest BCUT2D eigenvalue weighted by atomic mass is 19.1. The van der Waals surface area contributed by atoms with E-state index in [2.05, 4.69) is 35.2 Å². The molecule has 2 atom stereocenters. The molecule has 2 amide bonds. The molecule has 51 heavy (non-hydrogen) atoms. The Bertz CT molecular complexity index is 2080. The van der Waals surface area contributed by atoms with Gasteiger partial charge in [-0.15, -0.1) is 0 Å². The zero-order valence-electron chi connectivity index (χ0n) is 27.8. The highest BCUT2D eigenvalue weighted by Gasteiger charge is 2.30. The van der Waals surface area contributed by atoms with Crippen molar-refractivity contribution in [3.05, 3.63) is 113 Å². The number of nitrogens with zero attached hydrogens (tertiary/aromatic N) is 7.